The summed E-state index contributed by atoms with van der Waals surface area (Å²) in [6, 6.07) is 5.36. The third kappa shape index (κ3) is 2.14. The van der Waals surface area contributed by atoms with Crippen molar-refractivity contribution in [3.8, 4) is 17.0 Å². The molecule has 0 N–H and O–H groups in total. The average molecular weight is 282 g/mol. The molecule has 0 fully saturated rings. The Labute approximate surface area is 121 Å². The minimum Gasteiger partial charge on any atom is -0.481 e. The van der Waals surface area contributed by atoms with E-state index in [9.17, 15) is 4.79 Å². The lowest BCUT2D eigenvalue weighted by molar-refractivity contribution is 0.398. The molecule has 0 aliphatic heterocycles. The molecule has 0 aliphatic rings. The molecule has 21 heavy (non-hydrogen) atoms. The van der Waals surface area contributed by atoms with Gasteiger partial charge in [0.1, 0.15) is 12.0 Å². The summed E-state index contributed by atoms with van der Waals surface area (Å²) in [5.41, 5.74) is 2.64. The Hall–Kier alpha value is -2.76. The number of aryl methyl sites for hydroxylation is 2. The molecular weight excluding hydrogens is 268 g/mol. The standard InChI is InChI=1S/C15H14N4O2/c1-9-11-6-12(10-4-5-13(21-3)16-7-10)15(20)19(2)14(11)18-8-17-9/h4-8H,1-3H3. The Kier molecular flexibility index (Phi) is 3.13. The van der Waals surface area contributed by atoms with E-state index >= 15 is 0 Å². The van der Waals surface area contributed by atoms with Gasteiger partial charge in [0.25, 0.3) is 5.56 Å². The van der Waals surface area contributed by atoms with Crippen molar-refractivity contribution in [1.29, 1.82) is 0 Å². The van der Waals surface area contributed by atoms with Crippen molar-refractivity contribution in [2.45, 2.75) is 6.92 Å². The fourth-order valence-electron chi connectivity index (χ4n) is 2.26. The highest BCUT2D eigenvalue weighted by Crippen LogP contribution is 2.21. The summed E-state index contributed by atoms with van der Waals surface area (Å²) in [6.07, 6.45) is 3.09. The summed E-state index contributed by atoms with van der Waals surface area (Å²) in [5.74, 6) is 0.510. The van der Waals surface area contributed by atoms with E-state index in [2.05, 4.69) is 15.0 Å². The first-order chi connectivity index (χ1) is 10.1. The molecule has 0 radical (unpaired) electrons. The van der Waals surface area contributed by atoms with Crippen LogP contribution in [0.1, 0.15) is 5.69 Å². The van der Waals surface area contributed by atoms with E-state index in [0.29, 0.717) is 17.1 Å². The Bertz CT molecular complexity index is 869. The summed E-state index contributed by atoms with van der Waals surface area (Å²) in [4.78, 5) is 25.0. The first-order valence-corrected chi connectivity index (χ1v) is 6.43. The SMILES string of the molecule is COc1ccc(-c2cc3c(C)ncnc3n(C)c2=O)cn1. The lowest BCUT2D eigenvalue weighted by atomic mass is 10.1. The Morgan fingerprint density at radius 3 is 2.67 bits per heavy atom. The van der Waals surface area contributed by atoms with Crippen LogP contribution in [0, 0.1) is 6.92 Å². The summed E-state index contributed by atoms with van der Waals surface area (Å²) in [6.45, 7) is 1.89. The van der Waals surface area contributed by atoms with Crippen LogP contribution in [0.5, 0.6) is 5.88 Å². The lowest BCUT2D eigenvalue weighted by Gasteiger charge is -2.09. The van der Waals surface area contributed by atoms with Crippen LogP contribution >= 0.6 is 0 Å². The number of pyridine rings is 2. The number of hydrogen-bond acceptors (Lipinski definition) is 5. The second-order valence-corrected chi connectivity index (χ2v) is 4.71. The van der Waals surface area contributed by atoms with Crippen LogP contribution in [0.15, 0.2) is 35.5 Å². The highest BCUT2D eigenvalue weighted by atomic mass is 16.5. The summed E-state index contributed by atoms with van der Waals surface area (Å²) >= 11 is 0. The van der Waals surface area contributed by atoms with Crippen molar-refractivity contribution >= 4 is 11.0 Å². The van der Waals surface area contributed by atoms with Gasteiger partial charge in [-0.05, 0) is 19.1 Å². The van der Waals surface area contributed by atoms with Crippen LogP contribution in [0.4, 0.5) is 0 Å². The van der Waals surface area contributed by atoms with E-state index in [-0.39, 0.29) is 5.56 Å². The predicted molar refractivity (Wildman–Crippen MR) is 79.3 cm³/mol. The molecule has 3 rings (SSSR count). The van der Waals surface area contributed by atoms with Gasteiger partial charge in [0.05, 0.1) is 12.8 Å². The highest BCUT2D eigenvalue weighted by Gasteiger charge is 2.12. The molecule has 0 spiro atoms. The third-order valence-electron chi connectivity index (χ3n) is 3.46. The molecule has 0 saturated carbocycles. The molecule has 6 nitrogen and oxygen atoms in total. The largest absolute Gasteiger partial charge is 0.481 e. The van der Waals surface area contributed by atoms with Crippen LogP contribution in [-0.4, -0.2) is 26.6 Å². The van der Waals surface area contributed by atoms with Crippen molar-refractivity contribution in [3.63, 3.8) is 0 Å². The van der Waals surface area contributed by atoms with Crippen molar-refractivity contribution in [2.24, 2.45) is 7.05 Å². The number of fused-ring (bicyclic) bond motifs is 1. The van der Waals surface area contributed by atoms with Gasteiger partial charge in [0.15, 0.2) is 0 Å². The van der Waals surface area contributed by atoms with E-state index in [1.165, 1.54) is 10.9 Å². The first-order valence-electron chi connectivity index (χ1n) is 6.43. The van der Waals surface area contributed by atoms with Gasteiger partial charge >= 0.3 is 0 Å². The number of rotatable bonds is 2. The zero-order valence-corrected chi connectivity index (χ0v) is 12.0. The van der Waals surface area contributed by atoms with Crippen molar-refractivity contribution in [2.75, 3.05) is 7.11 Å². The maximum atomic E-state index is 12.5. The molecular formula is C15H14N4O2. The van der Waals surface area contributed by atoms with Gasteiger partial charge in [-0.3, -0.25) is 9.36 Å². The Balaban J connectivity index is 2.29. The van der Waals surface area contributed by atoms with Crippen LogP contribution in [0.25, 0.3) is 22.2 Å². The molecule has 0 saturated heterocycles. The zero-order chi connectivity index (χ0) is 15.0. The summed E-state index contributed by atoms with van der Waals surface area (Å²) < 4.78 is 6.57. The van der Waals surface area contributed by atoms with E-state index in [4.69, 9.17) is 4.74 Å². The second-order valence-electron chi connectivity index (χ2n) is 4.71. The van der Waals surface area contributed by atoms with Crippen molar-refractivity contribution < 1.29 is 4.74 Å². The smallest absolute Gasteiger partial charge is 0.259 e. The van der Waals surface area contributed by atoms with Crippen LogP contribution in [0.3, 0.4) is 0 Å². The van der Waals surface area contributed by atoms with Gasteiger partial charge in [-0.2, -0.15) is 0 Å². The Morgan fingerprint density at radius 1 is 1.19 bits per heavy atom. The fourth-order valence-corrected chi connectivity index (χ4v) is 2.26. The van der Waals surface area contributed by atoms with Crippen LogP contribution < -0.4 is 10.3 Å². The number of nitrogens with zero attached hydrogens (tertiary/aromatic N) is 4. The minimum absolute atomic E-state index is 0.118. The second kappa shape index (κ2) is 4.97. The first kappa shape index (κ1) is 13.2. The normalized spacial score (nSPS) is 10.8. The van der Waals surface area contributed by atoms with Crippen LogP contribution in [0.2, 0.25) is 0 Å². The van der Waals surface area contributed by atoms with Crippen molar-refractivity contribution in [3.05, 3.63) is 46.8 Å². The number of methoxy groups -OCH3 is 1. The molecule has 0 atom stereocenters. The molecule has 0 aromatic carbocycles. The van der Waals surface area contributed by atoms with E-state index in [1.54, 1.807) is 26.4 Å². The molecule has 3 aromatic rings. The summed E-state index contributed by atoms with van der Waals surface area (Å²) in [5, 5.41) is 0.852. The molecule has 3 aromatic heterocycles. The molecule has 3 heterocycles. The fraction of sp³-hybridized carbons (Fsp3) is 0.200. The molecule has 106 valence electrons. The van der Waals surface area contributed by atoms with Gasteiger partial charge in [-0.15, -0.1) is 0 Å². The van der Waals surface area contributed by atoms with Crippen molar-refractivity contribution in [1.82, 2.24) is 19.5 Å². The quantitative estimate of drug-likeness (QED) is 0.715. The van der Waals surface area contributed by atoms with Gasteiger partial charge in [0.2, 0.25) is 5.88 Å². The maximum Gasteiger partial charge on any atom is 0.259 e. The lowest BCUT2D eigenvalue weighted by Crippen LogP contribution is -2.20. The number of hydrogen-bond donors (Lipinski definition) is 0. The monoisotopic (exact) mass is 282 g/mol. The number of aromatic nitrogens is 4. The van der Waals surface area contributed by atoms with E-state index in [0.717, 1.165) is 16.6 Å². The molecule has 0 unspecified atom stereocenters. The average Bonchev–Trinajstić information content (AvgIpc) is 2.51. The van der Waals surface area contributed by atoms with Gasteiger partial charge in [-0.25, -0.2) is 15.0 Å². The van der Waals surface area contributed by atoms with Gasteiger partial charge in [0, 0.05) is 35.8 Å². The molecule has 0 amide bonds. The maximum absolute atomic E-state index is 12.5. The van der Waals surface area contributed by atoms with Gasteiger partial charge < -0.3 is 4.74 Å². The Morgan fingerprint density at radius 2 is 2.00 bits per heavy atom. The summed E-state index contributed by atoms with van der Waals surface area (Å²) in [7, 11) is 3.26. The van der Waals surface area contributed by atoms with Crippen LogP contribution in [-0.2, 0) is 7.05 Å². The molecule has 0 aliphatic carbocycles. The molecule has 6 heteroatoms. The topological polar surface area (TPSA) is 69.9 Å². The molecule has 0 bridgehead atoms. The zero-order valence-electron chi connectivity index (χ0n) is 12.0. The highest BCUT2D eigenvalue weighted by molar-refractivity contribution is 5.82. The van der Waals surface area contributed by atoms with Gasteiger partial charge in [-0.1, -0.05) is 0 Å². The van der Waals surface area contributed by atoms with E-state index in [1.807, 2.05) is 19.1 Å². The third-order valence-corrected chi connectivity index (χ3v) is 3.46. The predicted octanol–water partition coefficient (Wildman–Crippen LogP) is 1.71. The minimum atomic E-state index is -0.118. The van der Waals surface area contributed by atoms with E-state index < -0.39 is 0 Å². The number of ether oxygens (including phenoxy) is 1.